The molecule has 2 heterocycles. The summed E-state index contributed by atoms with van der Waals surface area (Å²) in [6.07, 6.45) is 0.505. The molecule has 0 saturated carbocycles. The maximum atomic E-state index is 14.2. The van der Waals surface area contributed by atoms with Crippen LogP contribution in [-0.4, -0.2) is 17.7 Å². The molecule has 2 aliphatic rings. The Labute approximate surface area is 205 Å². The molecule has 6 nitrogen and oxygen atoms in total. The number of hydrogen-bond acceptors (Lipinski definition) is 3. The molecule has 0 bridgehead atoms. The molecule has 0 spiro atoms. The Hall–Kier alpha value is -3.30. The fraction of sp³-hybridized carbons (Fsp3) is 0.125. The van der Waals surface area contributed by atoms with Crippen LogP contribution >= 0.6 is 27.5 Å². The van der Waals surface area contributed by atoms with Crippen molar-refractivity contribution < 1.29 is 23.2 Å². The van der Waals surface area contributed by atoms with Gasteiger partial charge in [0, 0.05) is 38.3 Å². The number of fused-ring (bicyclic) bond motifs is 2. The third kappa shape index (κ3) is 3.95. The third-order valence-corrected chi connectivity index (χ3v) is 6.59. The molecule has 0 radical (unpaired) electrons. The summed E-state index contributed by atoms with van der Waals surface area (Å²) in [5.74, 6) is -2.52. The third-order valence-electron chi connectivity index (χ3n) is 5.79. The van der Waals surface area contributed by atoms with E-state index in [-0.39, 0.29) is 39.9 Å². The molecule has 3 amide bonds. The number of anilines is 2. The van der Waals surface area contributed by atoms with Crippen LogP contribution in [-0.2, 0) is 11.2 Å². The number of aryl methyl sites for hydroxylation is 1. The first kappa shape index (κ1) is 22.5. The molecule has 172 valence electrons. The highest BCUT2D eigenvalue weighted by molar-refractivity contribution is 9.10. The van der Waals surface area contributed by atoms with E-state index in [1.165, 1.54) is 24.3 Å². The minimum absolute atomic E-state index is 0.0469. The van der Waals surface area contributed by atoms with Gasteiger partial charge in [-0.3, -0.25) is 14.4 Å². The predicted octanol–water partition coefficient (Wildman–Crippen LogP) is 5.35. The molecule has 3 aromatic carbocycles. The maximum Gasteiger partial charge on any atom is 0.257 e. The van der Waals surface area contributed by atoms with E-state index in [0.717, 1.165) is 6.07 Å². The second-order valence-electron chi connectivity index (χ2n) is 7.98. The standard InChI is InChI=1S/C24H15BrClF2N3O3/c25-11-6-15-20(22(31-23(15)33)14-8-12(27)2-3-17(14)26)18(7-11)29-24(34)16-9-13(28)5-10-1-4-19(32)30-21(10)16/h2-3,5-9,22H,1,4H2,(H,29,34)(H,30,32)(H,31,33). The Bertz CT molecular complexity index is 1410. The Morgan fingerprint density at radius 1 is 1.06 bits per heavy atom. The molecule has 10 heteroatoms. The molecule has 2 aliphatic heterocycles. The largest absolute Gasteiger partial charge is 0.341 e. The zero-order chi connectivity index (χ0) is 24.1. The number of nitrogens with one attached hydrogen (secondary N) is 3. The highest BCUT2D eigenvalue weighted by Crippen LogP contribution is 2.41. The minimum atomic E-state index is -0.824. The first-order valence-corrected chi connectivity index (χ1v) is 11.4. The number of carbonyl (C=O) groups excluding carboxylic acids is 3. The van der Waals surface area contributed by atoms with Gasteiger partial charge in [-0.05, 0) is 54.4 Å². The van der Waals surface area contributed by atoms with E-state index in [1.807, 2.05) is 0 Å². The van der Waals surface area contributed by atoms with Crippen molar-refractivity contribution in [1.82, 2.24) is 5.32 Å². The molecule has 3 aromatic rings. The molecular weight excluding hydrogens is 532 g/mol. The molecule has 0 fully saturated rings. The number of hydrogen-bond donors (Lipinski definition) is 3. The van der Waals surface area contributed by atoms with Crippen molar-refractivity contribution in [2.45, 2.75) is 18.9 Å². The van der Waals surface area contributed by atoms with Gasteiger partial charge in [-0.2, -0.15) is 0 Å². The van der Waals surface area contributed by atoms with Gasteiger partial charge < -0.3 is 16.0 Å². The molecule has 0 aromatic heterocycles. The molecule has 3 N–H and O–H groups in total. The Kier molecular flexibility index (Phi) is 5.61. The smallest absolute Gasteiger partial charge is 0.257 e. The Balaban J connectivity index is 1.60. The second-order valence-corrected chi connectivity index (χ2v) is 9.30. The van der Waals surface area contributed by atoms with Crippen molar-refractivity contribution in [3.8, 4) is 0 Å². The Morgan fingerprint density at radius 2 is 1.85 bits per heavy atom. The van der Waals surface area contributed by atoms with Gasteiger partial charge in [0.2, 0.25) is 5.91 Å². The molecule has 5 rings (SSSR count). The molecule has 34 heavy (non-hydrogen) atoms. The van der Waals surface area contributed by atoms with E-state index in [9.17, 15) is 23.2 Å². The molecule has 0 aliphatic carbocycles. The lowest BCUT2D eigenvalue weighted by Gasteiger charge is -2.21. The number of rotatable bonds is 3. The molecular formula is C24H15BrClF2N3O3. The van der Waals surface area contributed by atoms with Gasteiger partial charge in [-0.25, -0.2) is 8.78 Å². The van der Waals surface area contributed by atoms with Crippen LogP contribution in [0, 0.1) is 11.6 Å². The summed E-state index contributed by atoms with van der Waals surface area (Å²) in [7, 11) is 0. The lowest BCUT2D eigenvalue weighted by Crippen LogP contribution is -2.24. The summed E-state index contributed by atoms with van der Waals surface area (Å²) in [5, 5.41) is 8.38. The van der Waals surface area contributed by atoms with Crippen LogP contribution in [0.3, 0.4) is 0 Å². The van der Waals surface area contributed by atoms with Crippen molar-refractivity contribution in [3.05, 3.63) is 91.4 Å². The van der Waals surface area contributed by atoms with E-state index < -0.39 is 29.5 Å². The van der Waals surface area contributed by atoms with Gasteiger partial charge >= 0.3 is 0 Å². The van der Waals surface area contributed by atoms with Gasteiger partial charge in [-0.15, -0.1) is 0 Å². The number of amides is 3. The fourth-order valence-electron chi connectivity index (χ4n) is 4.30. The van der Waals surface area contributed by atoms with Crippen molar-refractivity contribution in [2.24, 2.45) is 0 Å². The van der Waals surface area contributed by atoms with Crippen molar-refractivity contribution in [2.75, 3.05) is 10.6 Å². The van der Waals surface area contributed by atoms with Crippen LogP contribution in [0.25, 0.3) is 0 Å². The van der Waals surface area contributed by atoms with Crippen LogP contribution in [0.2, 0.25) is 5.02 Å². The van der Waals surface area contributed by atoms with Gasteiger partial charge in [0.25, 0.3) is 11.8 Å². The van der Waals surface area contributed by atoms with Crippen LogP contribution < -0.4 is 16.0 Å². The van der Waals surface area contributed by atoms with Gasteiger partial charge in [0.15, 0.2) is 0 Å². The SMILES string of the molecule is O=C1CCc2cc(F)cc(C(=O)Nc3cc(Br)cc4c3C(c3cc(F)ccc3Cl)NC4=O)c2N1. The van der Waals surface area contributed by atoms with Gasteiger partial charge in [0.05, 0.1) is 17.3 Å². The highest BCUT2D eigenvalue weighted by atomic mass is 79.9. The van der Waals surface area contributed by atoms with E-state index in [1.54, 1.807) is 12.1 Å². The Morgan fingerprint density at radius 3 is 2.65 bits per heavy atom. The molecule has 1 unspecified atom stereocenters. The zero-order valence-electron chi connectivity index (χ0n) is 17.3. The fourth-order valence-corrected chi connectivity index (χ4v) is 4.98. The summed E-state index contributed by atoms with van der Waals surface area (Å²) >= 11 is 9.63. The van der Waals surface area contributed by atoms with Gasteiger partial charge in [-0.1, -0.05) is 27.5 Å². The maximum absolute atomic E-state index is 14.2. The first-order chi connectivity index (χ1) is 16.2. The topological polar surface area (TPSA) is 87.3 Å². The van der Waals surface area contributed by atoms with Crippen molar-refractivity contribution >= 4 is 56.6 Å². The van der Waals surface area contributed by atoms with E-state index in [0.29, 0.717) is 27.6 Å². The zero-order valence-corrected chi connectivity index (χ0v) is 19.6. The first-order valence-electron chi connectivity index (χ1n) is 10.2. The summed E-state index contributed by atoms with van der Waals surface area (Å²) in [5.41, 5.74) is 1.95. The monoisotopic (exact) mass is 545 g/mol. The summed E-state index contributed by atoms with van der Waals surface area (Å²) < 4.78 is 28.7. The quantitative estimate of drug-likeness (QED) is 0.414. The lowest BCUT2D eigenvalue weighted by molar-refractivity contribution is -0.116. The average Bonchev–Trinajstić information content (AvgIpc) is 3.11. The van der Waals surface area contributed by atoms with Gasteiger partial charge in [0.1, 0.15) is 11.6 Å². The number of halogens is 4. The van der Waals surface area contributed by atoms with Crippen LogP contribution in [0.15, 0.2) is 46.9 Å². The van der Waals surface area contributed by atoms with E-state index in [4.69, 9.17) is 11.6 Å². The molecule has 1 atom stereocenters. The highest BCUT2D eigenvalue weighted by Gasteiger charge is 2.35. The lowest BCUT2D eigenvalue weighted by atomic mass is 9.95. The average molecular weight is 547 g/mol. The minimum Gasteiger partial charge on any atom is -0.341 e. The molecule has 0 saturated heterocycles. The summed E-state index contributed by atoms with van der Waals surface area (Å²) in [6, 6.07) is 8.48. The van der Waals surface area contributed by atoms with Crippen LogP contribution in [0.4, 0.5) is 20.2 Å². The normalized spacial score (nSPS) is 16.4. The van der Waals surface area contributed by atoms with Crippen molar-refractivity contribution in [1.29, 1.82) is 0 Å². The second kappa shape index (κ2) is 8.48. The number of carbonyl (C=O) groups is 3. The summed E-state index contributed by atoms with van der Waals surface area (Å²) in [6.45, 7) is 0. The predicted molar refractivity (Wildman–Crippen MR) is 126 cm³/mol. The van der Waals surface area contributed by atoms with E-state index in [2.05, 4.69) is 31.9 Å². The van der Waals surface area contributed by atoms with E-state index >= 15 is 0 Å². The van der Waals surface area contributed by atoms with Crippen molar-refractivity contribution in [3.63, 3.8) is 0 Å². The van der Waals surface area contributed by atoms with Crippen LogP contribution in [0.5, 0.6) is 0 Å². The van der Waals surface area contributed by atoms with Crippen LogP contribution in [0.1, 0.15) is 49.9 Å². The summed E-state index contributed by atoms with van der Waals surface area (Å²) in [4.78, 5) is 37.9. The number of benzene rings is 3.